The molecule has 0 radical (unpaired) electrons. The van der Waals surface area contributed by atoms with Crippen molar-refractivity contribution in [1.29, 1.82) is 0 Å². The first-order valence-corrected chi connectivity index (χ1v) is 4.73. The van der Waals surface area contributed by atoms with Crippen LogP contribution in [-0.2, 0) is 0 Å². The van der Waals surface area contributed by atoms with E-state index in [1.54, 1.807) is 6.08 Å². The minimum Gasteiger partial charge on any atom is -0.402 e. The molecule has 76 valence electrons. The predicted octanol–water partition coefficient (Wildman–Crippen LogP) is 3.48. The van der Waals surface area contributed by atoms with Gasteiger partial charge in [0.1, 0.15) is 0 Å². The van der Waals surface area contributed by atoms with Crippen molar-refractivity contribution in [2.75, 3.05) is 0 Å². The van der Waals surface area contributed by atoms with Crippen LogP contribution < -0.4 is 5.73 Å². The summed E-state index contributed by atoms with van der Waals surface area (Å²) in [4.78, 5) is 0. The Morgan fingerprint density at radius 1 is 1.36 bits per heavy atom. The lowest BCUT2D eigenvalue weighted by Crippen LogP contribution is -1.93. The third-order valence-electron chi connectivity index (χ3n) is 1.90. The highest BCUT2D eigenvalue weighted by Crippen LogP contribution is 2.08. The molecule has 0 aliphatic rings. The van der Waals surface area contributed by atoms with E-state index in [9.17, 15) is 0 Å². The van der Waals surface area contributed by atoms with Crippen molar-refractivity contribution in [3.63, 3.8) is 0 Å². The fraction of sp³-hybridized carbons (Fsp3) is 0.231. The van der Waals surface area contributed by atoms with Crippen LogP contribution in [0.4, 0.5) is 0 Å². The number of hydrogen-bond donors (Lipinski definition) is 1. The highest BCUT2D eigenvalue weighted by atomic mass is 14.6. The topological polar surface area (TPSA) is 26.0 Å². The van der Waals surface area contributed by atoms with Crippen LogP contribution >= 0.6 is 0 Å². The largest absolute Gasteiger partial charge is 0.402 e. The third-order valence-corrected chi connectivity index (χ3v) is 1.90. The minimum atomic E-state index is 0.874. The van der Waals surface area contributed by atoms with E-state index in [0.29, 0.717) is 0 Å². The lowest BCUT2D eigenvalue weighted by Gasteiger charge is -1.98. The Bertz CT molecular complexity index is 290. The van der Waals surface area contributed by atoms with E-state index in [1.807, 2.05) is 38.2 Å². The molecule has 0 fully saturated rings. The van der Waals surface area contributed by atoms with E-state index in [1.165, 1.54) is 0 Å². The van der Waals surface area contributed by atoms with Gasteiger partial charge < -0.3 is 5.73 Å². The maximum Gasteiger partial charge on any atom is 0.00777 e. The zero-order valence-electron chi connectivity index (χ0n) is 9.09. The van der Waals surface area contributed by atoms with Crippen molar-refractivity contribution >= 4 is 0 Å². The van der Waals surface area contributed by atoms with Gasteiger partial charge in [0.05, 0.1) is 0 Å². The normalized spacial score (nSPS) is 13.3. The van der Waals surface area contributed by atoms with Crippen LogP contribution in [0.3, 0.4) is 0 Å². The Labute approximate surface area is 87.0 Å². The van der Waals surface area contributed by atoms with Crippen LogP contribution in [0, 0.1) is 0 Å². The van der Waals surface area contributed by atoms with Gasteiger partial charge in [-0.05, 0) is 30.6 Å². The Morgan fingerprint density at radius 2 is 2.00 bits per heavy atom. The van der Waals surface area contributed by atoms with Gasteiger partial charge in [0.25, 0.3) is 0 Å². The molecule has 0 saturated carbocycles. The molecule has 0 rings (SSSR count). The summed E-state index contributed by atoms with van der Waals surface area (Å²) in [5.41, 5.74) is 8.64. The smallest absolute Gasteiger partial charge is 0.00777 e. The van der Waals surface area contributed by atoms with Crippen LogP contribution in [0.2, 0.25) is 0 Å². The molecule has 0 amide bonds. The fourth-order valence-corrected chi connectivity index (χ4v) is 0.773. The molecule has 0 heterocycles. The van der Waals surface area contributed by atoms with Gasteiger partial charge in [-0.15, -0.1) is 0 Å². The molecule has 0 bridgehead atoms. The zero-order valence-corrected chi connectivity index (χ0v) is 9.09. The Balaban J connectivity index is 4.45. The molecule has 0 aliphatic carbocycles. The molecule has 0 aromatic carbocycles. The molecule has 0 aliphatic heterocycles. The second kappa shape index (κ2) is 6.96. The molecule has 0 unspecified atom stereocenters. The van der Waals surface area contributed by atoms with E-state index >= 15 is 0 Å². The van der Waals surface area contributed by atoms with Crippen molar-refractivity contribution in [3.05, 3.63) is 60.4 Å². The maximum absolute atomic E-state index is 5.67. The first kappa shape index (κ1) is 12.5. The van der Waals surface area contributed by atoms with E-state index < -0.39 is 0 Å². The van der Waals surface area contributed by atoms with E-state index in [2.05, 4.69) is 13.2 Å². The second-order valence-corrected chi connectivity index (χ2v) is 3.06. The SMILES string of the molecule is C=C/C=C\C(=C)/C(C)=C/C=C(/N)CC. The van der Waals surface area contributed by atoms with Crippen LogP contribution in [0.1, 0.15) is 20.3 Å². The summed E-state index contributed by atoms with van der Waals surface area (Å²) >= 11 is 0. The van der Waals surface area contributed by atoms with Crippen LogP contribution in [-0.4, -0.2) is 0 Å². The van der Waals surface area contributed by atoms with Crippen molar-refractivity contribution in [3.8, 4) is 0 Å². The van der Waals surface area contributed by atoms with Crippen LogP contribution in [0.25, 0.3) is 0 Å². The maximum atomic E-state index is 5.67. The van der Waals surface area contributed by atoms with E-state index in [4.69, 9.17) is 5.73 Å². The van der Waals surface area contributed by atoms with Gasteiger partial charge in [-0.2, -0.15) is 0 Å². The van der Waals surface area contributed by atoms with Gasteiger partial charge in [-0.1, -0.05) is 44.4 Å². The van der Waals surface area contributed by atoms with E-state index in [-0.39, 0.29) is 0 Å². The van der Waals surface area contributed by atoms with Crippen LogP contribution in [0.5, 0.6) is 0 Å². The summed E-state index contributed by atoms with van der Waals surface area (Å²) in [6.45, 7) is 11.6. The number of nitrogens with two attached hydrogens (primary N) is 1. The number of hydrogen-bond acceptors (Lipinski definition) is 1. The lowest BCUT2D eigenvalue weighted by atomic mass is 10.1. The van der Waals surface area contributed by atoms with Crippen molar-refractivity contribution in [2.24, 2.45) is 5.73 Å². The molecule has 14 heavy (non-hydrogen) atoms. The highest BCUT2D eigenvalue weighted by Gasteiger charge is 1.89. The predicted molar refractivity (Wildman–Crippen MR) is 64.8 cm³/mol. The lowest BCUT2D eigenvalue weighted by molar-refractivity contribution is 1.07. The molecule has 1 nitrogen and oxygen atoms in total. The molecule has 1 heteroatoms. The van der Waals surface area contributed by atoms with Crippen LogP contribution in [0.15, 0.2) is 60.4 Å². The average molecular weight is 189 g/mol. The molecule has 0 aromatic heterocycles. The third kappa shape index (κ3) is 5.20. The molecule has 2 N–H and O–H groups in total. The molecule has 0 spiro atoms. The van der Waals surface area contributed by atoms with Gasteiger partial charge >= 0.3 is 0 Å². The molecule has 0 aromatic rings. The Kier molecular flexibility index (Phi) is 6.21. The summed E-state index contributed by atoms with van der Waals surface area (Å²) in [5.74, 6) is 0. The van der Waals surface area contributed by atoms with Crippen molar-refractivity contribution in [2.45, 2.75) is 20.3 Å². The molecule has 0 atom stereocenters. The quantitative estimate of drug-likeness (QED) is 0.658. The van der Waals surface area contributed by atoms with Gasteiger partial charge in [0, 0.05) is 5.70 Å². The number of allylic oxidation sites excluding steroid dienone is 8. The molecular weight excluding hydrogens is 170 g/mol. The standard InChI is InChI=1S/C13H19N/c1-5-7-8-11(3)12(4)9-10-13(14)6-2/h5,7-10H,1,3,6,14H2,2,4H3/b8-7-,12-9+,13-10+. The summed E-state index contributed by atoms with van der Waals surface area (Å²) in [7, 11) is 0. The molecule has 0 saturated heterocycles. The molecular formula is C13H19N. The van der Waals surface area contributed by atoms with Gasteiger partial charge in [-0.25, -0.2) is 0 Å². The first-order chi connectivity index (χ1) is 6.61. The van der Waals surface area contributed by atoms with Gasteiger partial charge in [-0.3, -0.25) is 0 Å². The Morgan fingerprint density at radius 3 is 2.50 bits per heavy atom. The first-order valence-electron chi connectivity index (χ1n) is 4.73. The average Bonchev–Trinajstić information content (AvgIpc) is 2.21. The minimum absolute atomic E-state index is 0.874. The summed E-state index contributed by atoms with van der Waals surface area (Å²) in [6, 6.07) is 0. The monoisotopic (exact) mass is 189 g/mol. The van der Waals surface area contributed by atoms with Gasteiger partial charge in [0.15, 0.2) is 0 Å². The zero-order chi connectivity index (χ0) is 11.0. The van der Waals surface area contributed by atoms with Crippen molar-refractivity contribution in [1.82, 2.24) is 0 Å². The summed E-state index contributed by atoms with van der Waals surface area (Å²) in [6.07, 6.45) is 10.3. The second-order valence-electron chi connectivity index (χ2n) is 3.06. The van der Waals surface area contributed by atoms with Gasteiger partial charge in [0.2, 0.25) is 0 Å². The highest BCUT2D eigenvalue weighted by molar-refractivity contribution is 5.39. The summed E-state index contributed by atoms with van der Waals surface area (Å²) in [5, 5.41) is 0. The van der Waals surface area contributed by atoms with E-state index in [0.717, 1.165) is 23.3 Å². The number of rotatable bonds is 5. The Hall–Kier alpha value is -1.50. The summed E-state index contributed by atoms with van der Waals surface area (Å²) < 4.78 is 0. The van der Waals surface area contributed by atoms with Crippen molar-refractivity contribution < 1.29 is 0 Å². The fourth-order valence-electron chi connectivity index (χ4n) is 0.773.